The van der Waals surface area contributed by atoms with Crippen molar-refractivity contribution < 1.29 is 19.1 Å². The van der Waals surface area contributed by atoms with Crippen molar-refractivity contribution >= 4 is 11.9 Å². The minimum atomic E-state index is -0.645. The van der Waals surface area contributed by atoms with Crippen LogP contribution in [0.25, 0.3) is 0 Å². The van der Waals surface area contributed by atoms with Crippen LogP contribution in [0.5, 0.6) is 11.5 Å². The summed E-state index contributed by atoms with van der Waals surface area (Å²) in [6, 6.07) is 7.82. The number of aryl methyl sites for hydroxylation is 4. The van der Waals surface area contributed by atoms with Crippen LogP contribution in [0.4, 0.5) is 0 Å². The number of benzene rings is 2. The lowest BCUT2D eigenvalue weighted by atomic mass is 9.81. The van der Waals surface area contributed by atoms with Gasteiger partial charge in [-0.2, -0.15) is 0 Å². The zero-order valence-corrected chi connectivity index (χ0v) is 14.1. The fraction of sp³-hybridized carbons (Fsp3) is 0.300. The van der Waals surface area contributed by atoms with Gasteiger partial charge in [-0.05, 0) is 38.8 Å². The topological polar surface area (TPSA) is 52.6 Å². The summed E-state index contributed by atoms with van der Waals surface area (Å²) < 4.78 is 11.0. The first-order chi connectivity index (χ1) is 11.4. The molecule has 0 spiro atoms. The van der Waals surface area contributed by atoms with Crippen molar-refractivity contribution in [2.45, 2.75) is 39.5 Å². The van der Waals surface area contributed by atoms with Crippen molar-refractivity contribution in [3.63, 3.8) is 0 Å². The van der Waals surface area contributed by atoms with Crippen molar-refractivity contribution in [1.29, 1.82) is 0 Å². The van der Waals surface area contributed by atoms with Crippen molar-refractivity contribution in [2.24, 2.45) is 0 Å². The van der Waals surface area contributed by atoms with Gasteiger partial charge in [0.2, 0.25) is 0 Å². The van der Waals surface area contributed by atoms with E-state index in [0.717, 1.165) is 33.4 Å². The van der Waals surface area contributed by atoms with Gasteiger partial charge >= 0.3 is 11.9 Å². The number of rotatable bonds is 1. The molecule has 2 heterocycles. The van der Waals surface area contributed by atoms with E-state index in [4.69, 9.17) is 9.47 Å². The van der Waals surface area contributed by atoms with E-state index in [1.165, 1.54) is 0 Å². The molecule has 122 valence electrons. The van der Waals surface area contributed by atoms with E-state index >= 15 is 0 Å². The van der Waals surface area contributed by atoms with E-state index in [1.807, 2.05) is 52.0 Å². The summed E-state index contributed by atoms with van der Waals surface area (Å²) in [4.78, 5) is 25.2. The molecule has 24 heavy (non-hydrogen) atoms. The molecule has 2 aliphatic rings. The van der Waals surface area contributed by atoms with Gasteiger partial charge in [-0.15, -0.1) is 0 Å². The fourth-order valence-electron chi connectivity index (χ4n) is 3.93. The van der Waals surface area contributed by atoms with Gasteiger partial charge in [0.25, 0.3) is 0 Å². The van der Waals surface area contributed by atoms with Gasteiger partial charge in [0.1, 0.15) is 23.3 Å². The minimum Gasteiger partial charge on any atom is -0.425 e. The number of hydrogen-bond acceptors (Lipinski definition) is 4. The Bertz CT molecular complexity index is 835. The van der Waals surface area contributed by atoms with Gasteiger partial charge in [-0.25, -0.2) is 0 Å². The molecule has 4 rings (SSSR count). The highest BCUT2D eigenvalue weighted by atomic mass is 16.6. The number of ether oxygens (including phenoxy) is 2. The van der Waals surface area contributed by atoms with Gasteiger partial charge in [-0.1, -0.05) is 35.4 Å². The Morgan fingerprint density at radius 2 is 1.04 bits per heavy atom. The van der Waals surface area contributed by atoms with E-state index in [-0.39, 0.29) is 11.9 Å². The first-order valence-corrected chi connectivity index (χ1v) is 8.02. The largest absolute Gasteiger partial charge is 0.425 e. The molecule has 0 saturated carbocycles. The van der Waals surface area contributed by atoms with Crippen LogP contribution in [-0.4, -0.2) is 11.9 Å². The maximum absolute atomic E-state index is 12.6. The maximum atomic E-state index is 12.6. The van der Waals surface area contributed by atoms with Crippen molar-refractivity contribution in [2.75, 3.05) is 0 Å². The number of fused-ring (bicyclic) bond motifs is 2. The van der Waals surface area contributed by atoms with Crippen LogP contribution < -0.4 is 9.47 Å². The molecular formula is C20H18O4. The quantitative estimate of drug-likeness (QED) is 0.594. The fourth-order valence-corrected chi connectivity index (χ4v) is 3.93. The number of hydrogen-bond donors (Lipinski definition) is 0. The van der Waals surface area contributed by atoms with E-state index in [0.29, 0.717) is 11.5 Å². The van der Waals surface area contributed by atoms with Crippen LogP contribution in [0.15, 0.2) is 24.3 Å². The first kappa shape index (κ1) is 14.9. The molecule has 2 aliphatic heterocycles. The Morgan fingerprint density at radius 1 is 0.667 bits per heavy atom. The Morgan fingerprint density at radius 3 is 1.42 bits per heavy atom. The van der Waals surface area contributed by atoms with Crippen LogP contribution in [0.3, 0.4) is 0 Å². The van der Waals surface area contributed by atoms with Crippen LogP contribution >= 0.6 is 0 Å². The molecule has 2 unspecified atom stereocenters. The molecule has 2 aromatic carbocycles. The Labute approximate surface area is 140 Å². The van der Waals surface area contributed by atoms with Crippen LogP contribution in [0.1, 0.15) is 45.2 Å². The number of carbonyl (C=O) groups excluding carboxylic acids is 2. The smallest absolute Gasteiger partial charge is 0.320 e. The zero-order chi connectivity index (χ0) is 17.2. The van der Waals surface area contributed by atoms with Crippen LogP contribution in [-0.2, 0) is 9.59 Å². The van der Waals surface area contributed by atoms with Crippen LogP contribution in [0.2, 0.25) is 0 Å². The van der Waals surface area contributed by atoms with E-state index < -0.39 is 11.8 Å². The second kappa shape index (κ2) is 4.94. The third-order valence-electron chi connectivity index (χ3n) is 4.81. The van der Waals surface area contributed by atoms with Gasteiger partial charge in [-0.3, -0.25) is 9.59 Å². The molecule has 0 radical (unpaired) electrons. The van der Waals surface area contributed by atoms with E-state index in [9.17, 15) is 9.59 Å². The zero-order valence-electron chi connectivity index (χ0n) is 14.1. The summed E-state index contributed by atoms with van der Waals surface area (Å²) in [5, 5.41) is 0. The van der Waals surface area contributed by atoms with Crippen LogP contribution in [0, 0.1) is 27.7 Å². The third-order valence-corrected chi connectivity index (χ3v) is 4.81. The molecule has 0 fully saturated rings. The summed E-state index contributed by atoms with van der Waals surface area (Å²) >= 11 is 0. The lowest BCUT2D eigenvalue weighted by Crippen LogP contribution is -2.23. The first-order valence-electron chi connectivity index (χ1n) is 8.02. The normalized spacial score (nSPS) is 21.3. The third kappa shape index (κ3) is 1.99. The Balaban J connectivity index is 1.91. The SMILES string of the molecule is Cc1cc(C)c2c(c1)C(C1C(=O)Oc3c(C)cc(C)cc31)C(=O)O2. The number of carbonyl (C=O) groups is 2. The summed E-state index contributed by atoms with van der Waals surface area (Å²) in [6.45, 7) is 7.78. The highest BCUT2D eigenvalue weighted by Gasteiger charge is 2.49. The second-order valence-electron chi connectivity index (χ2n) is 6.80. The summed E-state index contributed by atoms with van der Waals surface area (Å²) in [7, 11) is 0. The molecule has 4 nitrogen and oxygen atoms in total. The van der Waals surface area contributed by atoms with Crippen molar-refractivity contribution in [3.8, 4) is 11.5 Å². The molecule has 4 heteroatoms. The van der Waals surface area contributed by atoms with Gasteiger partial charge < -0.3 is 9.47 Å². The molecular weight excluding hydrogens is 304 g/mol. The Kier molecular flexibility index (Phi) is 3.07. The molecule has 0 aromatic heterocycles. The summed E-state index contributed by atoms with van der Waals surface area (Å²) in [6.07, 6.45) is 0. The average Bonchev–Trinajstić information content (AvgIpc) is 2.96. The molecule has 2 atom stereocenters. The highest BCUT2D eigenvalue weighted by molar-refractivity contribution is 5.98. The van der Waals surface area contributed by atoms with Crippen molar-refractivity contribution in [3.05, 3.63) is 57.6 Å². The van der Waals surface area contributed by atoms with Gasteiger partial charge in [0.05, 0.1) is 0 Å². The molecule has 0 N–H and O–H groups in total. The van der Waals surface area contributed by atoms with E-state index in [2.05, 4.69) is 0 Å². The molecule has 0 amide bonds. The lowest BCUT2D eigenvalue weighted by Gasteiger charge is -2.14. The molecule has 2 aromatic rings. The van der Waals surface area contributed by atoms with Gasteiger partial charge in [0, 0.05) is 11.1 Å². The highest BCUT2D eigenvalue weighted by Crippen LogP contribution is 2.51. The maximum Gasteiger partial charge on any atom is 0.320 e. The average molecular weight is 322 g/mol. The number of esters is 2. The predicted molar refractivity (Wildman–Crippen MR) is 88.6 cm³/mol. The van der Waals surface area contributed by atoms with E-state index in [1.54, 1.807) is 0 Å². The monoisotopic (exact) mass is 322 g/mol. The standard InChI is InChI=1S/C20H18O4/c1-9-5-11(3)17-13(7-9)15(19(21)23-17)16-14-8-10(2)6-12(4)18(14)24-20(16)22/h5-8,15-16H,1-4H3. The Hall–Kier alpha value is -2.62. The second-order valence-corrected chi connectivity index (χ2v) is 6.80. The lowest BCUT2D eigenvalue weighted by molar-refractivity contribution is -0.141. The molecule has 0 saturated heterocycles. The van der Waals surface area contributed by atoms with Crippen molar-refractivity contribution in [1.82, 2.24) is 0 Å². The van der Waals surface area contributed by atoms with Gasteiger partial charge in [0.15, 0.2) is 0 Å². The molecule has 0 aliphatic carbocycles. The minimum absolute atomic E-state index is 0.382. The summed E-state index contributed by atoms with van der Waals surface area (Å²) in [5.41, 5.74) is 5.47. The molecule has 0 bridgehead atoms. The predicted octanol–water partition coefficient (Wildman–Crippen LogP) is 3.63. The summed E-state index contributed by atoms with van der Waals surface area (Å²) in [5.74, 6) is -0.884.